The fraction of sp³-hybridized carbons (Fsp3) is 1.00. The Bertz CT molecular complexity index is 81.7. The molecular formula is C7H16ClNO. The summed E-state index contributed by atoms with van der Waals surface area (Å²) in [4.78, 5) is 2.37. The van der Waals surface area contributed by atoms with Crippen molar-refractivity contribution < 1.29 is 5.11 Å². The van der Waals surface area contributed by atoms with E-state index in [1.54, 1.807) is 0 Å². The molecule has 0 aromatic heterocycles. The van der Waals surface area contributed by atoms with Gasteiger partial charge < -0.3 is 10.0 Å². The molecule has 0 saturated carbocycles. The van der Waals surface area contributed by atoms with Gasteiger partial charge in [-0.25, -0.2) is 0 Å². The van der Waals surface area contributed by atoms with Crippen LogP contribution in [0.5, 0.6) is 0 Å². The number of rotatable bonds is 1. The molecule has 0 spiro atoms. The van der Waals surface area contributed by atoms with E-state index in [1.807, 2.05) is 0 Å². The van der Waals surface area contributed by atoms with Gasteiger partial charge in [0.25, 0.3) is 0 Å². The van der Waals surface area contributed by atoms with Crippen molar-refractivity contribution in [1.29, 1.82) is 0 Å². The molecular weight excluding hydrogens is 150 g/mol. The van der Waals surface area contributed by atoms with E-state index in [4.69, 9.17) is 5.11 Å². The lowest BCUT2D eigenvalue weighted by atomic mass is 10.1. The molecule has 0 atom stereocenters. The first-order valence-corrected chi connectivity index (χ1v) is 3.73. The van der Waals surface area contributed by atoms with Gasteiger partial charge in [-0.15, -0.1) is 12.4 Å². The molecule has 1 saturated heterocycles. The fourth-order valence-electron chi connectivity index (χ4n) is 1.24. The molecule has 0 unspecified atom stereocenters. The summed E-state index contributed by atoms with van der Waals surface area (Å²) < 4.78 is 0. The van der Waals surface area contributed by atoms with Crippen LogP contribution in [0.25, 0.3) is 0 Å². The zero-order valence-corrected chi connectivity index (χ0v) is 7.23. The van der Waals surface area contributed by atoms with Crippen LogP contribution in [-0.4, -0.2) is 35.7 Å². The highest BCUT2D eigenvalue weighted by molar-refractivity contribution is 5.85. The van der Waals surface area contributed by atoms with Crippen LogP contribution in [0.3, 0.4) is 0 Å². The first-order valence-electron chi connectivity index (χ1n) is 3.73. The SMILES string of the molecule is CCN1CCC(O)CC1.Cl. The average Bonchev–Trinajstić information content (AvgIpc) is 1.90. The molecule has 1 fully saturated rings. The maximum Gasteiger partial charge on any atom is 0.0564 e. The molecule has 1 heterocycles. The number of nitrogens with zero attached hydrogens (tertiary/aromatic N) is 1. The third-order valence-corrected chi connectivity index (χ3v) is 2.00. The van der Waals surface area contributed by atoms with Crippen molar-refractivity contribution in [2.75, 3.05) is 19.6 Å². The number of hydrogen-bond donors (Lipinski definition) is 1. The average molecular weight is 166 g/mol. The zero-order valence-electron chi connectivity index (χ0n) is 6.42. The summed E-state index contributed by atoms with van der Waals surface area (Å²) in [7, 11) is 0. The van der Waals surface area contributed by atoms with Crippen molar-refractivity contribution in [3.63, 3.8) is 0 Å². The molecule has 0 aromatic rings. The van der Waals surface area contributed by atoms with E-state index in [-0.39, 0.29) is 18.5 Å². The van der Waals surface area contributed by atoms with Crippen molar-refractivity contribution in [2.45, 2.75) is 25.9 Å². The van der Waals surface area contributed by atoms with E-state index in [0.29, 0.717) is 0 Å². The summed E-state index contributed by atoms with van der Waals surface area (Å²) in [6.45, 7) is 5.46. The minimum atomic E-state index is -0.0206. The van der Waals surface area contributed by atoms with Crippen LogP contribution >= 0.6 is 12.4 Å². The summed E-state index contributed by atoms with van der Waals surface area (Å²) in [6, 6.07) is 0. The van der Waals surface area contributed by atoms with E-state index in [2.05, 4.69) is 11.8 Å². The Morgan fingerprint density at radius 3 is 2.30 bits per heavy atom. The van der Waals surface area contributed by atoms with Gasteiger partial charge in [-0.05, 0) is 19.4 Å². The third-order valence-electron chi connectivity index (χ3n) is 2.00. The van der Waals surface area contributed by atoms with Gasteiger partial charge in [-0.3, -0.25) is 0 Å². The van der Waals surface area contributed by atoms with E-state index in [1.165, 1.54) is 0 Å². The molecule has 3 heteroatoms. The van der Waals surface area contributed by atoms with Gasteiger partial charge in [0.15, 0.2) is 0 Å². The van der Waals surface area contributed by atoms with Gasteiger partial charge in [-0.2, -0.15) is 0 Å². The number of piperidine rings is 1. The van der Waals surface area contributed by atoms with Crippen LogP contribution in [0.4, 0.5) is 0 Å². The molecule has 1 rings (SSSR count). The smallest absolute Gasteiger partial charge is 0.0564 e. The third kappa shape index (κ3) is 2.86. The number of halogens is 1. The van der Waals surface area contributed by atoms with E-state index < -0.39 is 0 Å². The number of hydrogen-bond acceptors (Lipinski definition) is 2. The van der Waals surface area contributed by atoms with Crippen LogP contribution in [0.15, 0.2) is 0 Å². The predicted molar refractivity (Wildman–Crippen MR) is 44.6 cm³/mol. The summed E-state index contributed by atoms with van der Waals surface area (Å²) in [5.41, 5.74) is 0. The standard InChI is InChI=1S/C7H15NO.ClH/c1-2-8-5-3-7(9)4-6-8;/h7,9H,2-6H2,1H3;1H. The molecule has 1 aliphatic heterocycles. The van der Waals surface area contributed by atoms with E-state index >= 15 is 0 Å². The van der Waals surface area contributed by atoms with Crippen LogP contribution in [0.2, 0.25) is 0 Å². The van der Waals surface area contributed by atoms with Gasteiger partial charge in [-0.1, -0.05) is 6.92 Å². The molecule has 0 aliphatic carbocycles. The monoisotopic (exact) mass is 165 g/mol. The summed E-state index contributed by atoms with van der Waals surface area (Å²) >= 11 is 0. The van der Waals surface area contributed by atoms with Crippen molar-refractivity contribution in [3.05, 3.63) is 0 Å². The Balaban J connectivity index is 0.000000810. The van der Waals surface area contributed by atoms with Gasteiger partial charge in [0.2, 0.25) is 0 Å². The zero-order chi connectivity index (χ0) is 6.69. The molecule has 1 N–H and O–H groups in total. The highest BCUT2D eigenvalue weighted by Gasteiger charge is 2.14. The predicted octanol–water partition coefficient (Wildman–Crippen LogP) is 0.885. The minimum absolute atomic E-state index is 0. The van der Waals surface area contributed by atoms with E-state index in [0.717, 1.165) is 32.5 Å². The van der Waals surface area contributed by atoms with Gasteiger partial charge in [0.1, 0.15) is 0 Å². The first-order chi connectivity index (χ1) is 4.33. The summed E-state index contributed by atoms with van der Waals surface area (Å²) in [6.07, 6.45) is 1.91. The van der Waals surface area contributed by atoms with Crippen molar-refractivity contribution in [3.8, 4) is 0 Å². The lowest BCUT2D eigenvalue weighted by Gasteiger charge is -2.27. The number of aliphatic hydroxyl groups is 1. The molecule has 0 amide bonds. The van der Waals surface area contributed by atoms with Crippen LogP contribution < -0.4 is 0 Å². The summed E-state index contributed by atoms with van der Waals surface area (Å²) in [5.74, 6) is 0. The van der Waals surface area contributed by atoms with Crippen molar-refractivity contribution in [2.24, 2.45) is 0 Å². The highest BCUT2D eigenvalue weighted by atomic mass is 35.5. The quantitative estimate of drug-likeness (QED) is 0.624. The van der Waals surface area contributed by atoms with Crippen molar-refractivity contribution >= 4 is 12.4 Å². The first kappa shape index (κ1) is 10.2. The molecule has 0 radical (unpaired) electrons. The number of likely N-dealkylation sites (tertiary alicyclic amines) is 1. The molecule has 62 valence electrons. The van der Waals surface area contributed by atoms with E-state index in [9.17, 15) is 0 Å². The Hall–Kier alpha value is 0.210. The lowest BCUT2D eigenvalue weighted by molar-refractivity contribution is 0.0852. The van der Waals surface area contributed by atoms with Crippen LogP contribution in [-0.2, 0) is 0 Å². The maximum atomic E-state index is 9.10. The molecule has 10 heavy (non-hydrogen) atoms. The van der Waals surface area contributed by atoms with Gasteiger partial charge >= 0.3 is 0 Å². The largest absolute Gasteiger partial charge is 0.393 e. The second kappa shape index (κ2) is 4.94. The summed E-state index contributed by atoms with van der Waals surface area (Å²) in [5, 5.41) is 9.10. The molecule has 0 aromatic carbocycles. The molecule has 0 bridgehead atoms. The van der Waals surface area contributed by atoms with Gasteiger partial charge in [0.05, 0.1) is 6.10 Å². The molecule has 1 aliphatic rings. The second-order valence-corrected chi connectivity index (χ2v) is 2.67. The lowest BCUT2D eigenvalue weighted by Crippen LogP contribution is -2.35. The van der Waals surface area contributed by atoms with Crippen molar-refractivity contribution in [1.82, 2.24) is 4.90 Å². The highest BCUT2D eigenvalue weighted by Crippen LogP contribution is 2.08. The van der Waals surface area contributed by atoms with Gasteiger partial charge in [0, 0.05) is 13.1 Å². The Labute approximate surface area is 68.6 Å². The van der Waals surface area contributed by atoms with Crippen LogP contribution in [0, 0.1) is 0 Å². The second-order valence-electron chi connectivity index (χ2n) is 2.67. The van der Waals surface area contributed by atoms with Crippen LogP contribution in [0.1, 0.15) is 19.8 Å². The minimum Gasteiger partial charge on any atom is -0.393 e. The Morgan fingerprint density at radius 1 is 1.40 bits per heavy atom. The Morgan fingerprint density at radius 2 is 1.90 bits per heavy atom. The molecule has 2 nitrogen and oxygen atoms in total. The number of aliphatic hydroxyl groups excluding tert-OH is 1. The topological polar surface area (TPSA) is 23.5 Å². The normalized spacial score (nSPS) is 22.2. The fourth-order valence-corrected chi connectivity index (χ4v) is 1.24. The Kier molecular flexibility index (Phi) is 5.04. The maximum absolute atomic E-state index is 9.10.